The number of hydrogen-bond acceptors (Lipinski definition) is 6. The van der Waals surface area contributed by atoms with Crippen LogP contribution in [0.5, 0.6) is 0 Å². The summed E-state index contributed by atoms with van der Waals surface area (Å²) >= 11 is 0. The molecule has 5 N–H and O–H groups in total. The second-order valence-electron chi connectivity index (χ2n) is 14.4. The quantitative estimate of drug-likeness (QED) is 0.0776. The molecule has 4 aromatic rings. The number of pyridine rings is 1. The predicted molar refractivity (Wildman–Crippen MR) is 210 cm³/mol. The molecule has 0 aliphatic heterocycles. The number of fused-ring (bicyclic) bond motifs is 4. The van der Waals surface area contributed by atoms with Crippen LogP contribution in [0.1, 0.15) is 80.4 Å². The van der Waals surface area contributed by atoms with Crippen molar-refractivity contribution in [2.24, 2.45) is 11.7 Å². The topological polar surface area (TPSA) is 145 Å². The summed E-state index contributed by atoms with van der Waals surface area (Å²) in [5.41, 5.74) is 12.1. The van der Waals surface area contributed by atoms with Gasteiger partial charge in [0.25, 0.3) is 5.56 Å². The van der Waals surface area contributed by atoms with Gasteiger partial charge < -0.3 is 31.0 Å². The highest BCUT2D eigenvalue weighted by Crippen LogP contribution is 2.44. The molecule has 10 nitrogen and oxygen atoms in total. The largest absolute Gasteiger partial charge is 0.449 e. The number of ether oxygens (including phenoxy) is 1. The highest BCUT2D eigenvalue weighted by molar-refractivity contribution is 5.99. The molecule has 0 radical (unpaired) electrons. The Balaban J connectivity index is 1.17. The van der Waals surface area contributed by atoms with E-state index >= 15 is 0 Å². The summed E-state index contributed by atoms with van der Waals surface area (Å²) in [6, 6.07) is 21.6. The van der Waals surface area contributed by atoms with Gasteiger partial charge in [0.15, 0.2) is 0 Å². The van der Waals surface area contributed by atoms with Crippen LogP contribution < -0.4 is 27.2 Å². The van der Waals surface area contributed by atoms with Gasteiger partial charge in [-0.3, -0.25) is 14.4 Å². The van der Waals surface area contributed by atoms with Crippen LogP contribution in [0.2, 0.25) is 0 Å². The fourth-order valence-corrected chi connectivity index (χ4v) is 7.98. The molecule has 1 heterocycles. The van der Waals surface area contributed by atoms with Gasteiger partial charge in [-0.2, -0.15) is 0 Å². The molecule has 0 bridgehead atoms. The number of aromatic nitrogens is 1. The third-order valence-corrected chi connectivity index (χ3v) is 10.7. The van der Waals surface area contributed by atoms with Crippen molar-refractivity contribution >= 4 is 34.5 Å². The van der Waals surface area contributed by atoms with Gasteiger partial charge in [-0.25, -0.2) is 4.79 Å². The fourth-order valence-electron chi connectivity index (χ4n) is 7.98. The molecule has 1 fully saturated rings. The first-order valence-corrected chi connectivity index (χ1v) is 18.9. The highest BCUT2D eigenvalue weighted by atomic mass is 16.5. The molecule has 278 valence electrons. The minimum atomic E-state index is -0.879. The van der Waals surface area contributed by atoms with Crippen LogP contribution in [-0.4, -0.2) is 47.7 Å². The molecular formula is C43H51N5O5. The van der Waals surface area contributed by atoms with Crippen LogP contribution in [0.15, 0.2) is 90.2 Å². The molecule has 2 aliphatic carbocycles. The Bertz CT molecular complexity index is 1970. The van der Waals surface area contributed by atoms with Crippen molar-refractivity contribution in [1.82, 2.24) is 15.2 Å². The maximum Gasteiger partial charge on any atom is 0.407 e. The van der Waals surface area contributed by atoms with Crippen molar-refractivity contribution in [1.29, 1.82) is 0 Å². The third-order valence-electron chi connectivity index (χ3n) is 10.7. The molecule has 2 aliphatic rings. The standard InChI is InChI=1S/C43H51N5O5/c1-3-23-48-39-26-30(20-21-31(39)28(2)24-40(48)49)45-41(50)37(19-11-12-22-44)46-42(51)38(25-29-13-5-4-6-14-29)47-43(52)53-27-36-34-17-9-7-15-32(34)33-16-8-10-18-35(33)36/h3,7-10,15-18,20-21,24,26,29,36-38H,1,4-6,11-14,19,22-23,25,27,44H2,2H3,(H,45,50)(H,46,51)(H,47,52)/t37-,38-/m0/s1. The van der Waals surface area contributed by atoms with Crippen LogP contribution in [0.4, 0.5) is 10.5 Å². The van der Waals surface area contributed by atoms with Crippen LogP contribution >= 0.6 is 0 Å². The molecule has 6 rings (SSSR count). The molecule has 2 atom stereocenters. The number of amides is 3. The van der Waals surface area contributed by atoms with Crippen molar-refractivity contribution < 1.29 is 19.1 Å². The van der Waals surface area contributed by atoms with Crippen LogP contribution in [0, 0.1) is 12.8 Å². The number of rotatable bonds is 15. The van der Waals surface area contributed by atoms with Gasteiger partial charge in [0.2, 0.25) is 11.8 Å². The Labute approximate surface area is 311 Å². The number of unbranched alkanes of at least 4 members (excludes halogenated alkanes) is 1. The number of alkyl carbamates (subject to hydrolysis) is 1. The van der Waals surface area contributed by atoms with Crippen LogP contribution in [0.3, 0.4) is 0 Å². The number of aryl methyl sites for hydroxylation is 1. The Morgan fingerprint density at radius 1 is 0.906 bits per heavy atom. The van der Waals surface area contributed by atoms with E-state index in [0.29, 0.717) is 50.0 Å². The summed E-state index contributed by atoms with van der Waals surface area (Å²) in [6.45, 7) is 6.58. The van der Waals surface area contributed by atoms with Crippen molar-refractivity contribution in [3.05, 3.63) is 112 Å². The lowest BCUT2D eigenvalue weighted by Gasteiger charge is -2.28. The van der Waals surface area contributed by atoms with Gasteiger partial charge in [0, 0.05) is 29.6 Å². The van der Waals surface area contributed by atoms with Gasteiger partial charge in [-0.1, -0.05) is 92.8 Å². The lowest BCUT2D eigenvalue weighted by Crippen LogP contribution is -2.53. The normalized spacial score (nSPS) is 15.2. The summed E-state index contributed by atoms with van der Waals surface area (Å²) in [4.78, 5) is 54.1. The molecule has 1 saturated carbocycles. The number of nitrogens with zero attached hydrogens (tertiary/aromatic N) is 1. The van der Waals surface area contributed by atoms with Gasteiger partial charge in [-0.15, -0.1) is 6.58 Å². The number of anilines is 1. The number of nitrogens with two attached hydrogens (primary N) is 1. The van der Waals surface area contributed by atoms with E-state index in [9.17, 15) is 19.2 Å². The van der Waals surface area contributed by atoms with Crippen molar-refractivity contribution in [3.8, 4) is 11.1 Å². The number of carbonyl (C=O) groups excluding carboxylic acids is 3. The van der Waals surface area contributed by atoms with E-state index in [1.54, 1.807) is 28.8 Å². The van der Waals surface area contributed by atoms with Gasteiger partial charge in [0.1, 0.15) is 18.7 Å². The fraction of sp³-hybridized carbons (Fsp3) is 0.395. The lowest BCUT2D eigenvalue weighted by atomic mass is 9.84. The molecule has 10 heteroatoms. The van der Waals surface area contributed by atoms with E-state index in [-0.39, 0.29) is 24.0 Å². The lowest BCUT2D eigenvalue weighted by molar-refractivity contribution is -0.128. The molecule has 0 saturated heterocycles. The molecule has 53 heavy (non-hydrogen) atoms. The Morgan fingerprint density at radius 2 is 1.60 bits per heavy atom. The second kappa shape index (κ2) is 17.5. The van der Waals surface area contributed by atoms with Gasteiger partial charge in [0.05, 0.1) is 5.52 Å². The van der Waals surface area contributed by atoms with E-state index in [4.69, 9.17) is 10.5 Å². The number of carbonyl (C=O) groups is 3. The first-order chi connectivity index (χ1) is 25.8. The first kappa shape index (κ1) is 37.5. The first-order valence-electron chi connectivity index (χ1n) is 18.9. The minimum Gasteiger partial charge on any atom is -0.449 e. The maximum absolute atomic E-state index is 14.1. The van der Waals surface area contributed by atoms with Crippen LogP contribution in [-0.2, 0) is 20.9 Å². The van der Waals surface area contributed by atoms with Crippen molar-refractivity contribution in [3.63, 3.8) is 0 Å². The number of allylic oxidation sites excluding steroid dienone is 1. The summed E-state index contributed by atoms with van der Waals surface area (Å²) < 4.78 is 7.45. The van der Waals surface area contributed by atoms with Gasteiger partial charge >= 0.3 is 6.09 Å². The number of benzene rings is 3. The molecular weight excluding hydrogens is 667 g/mol. The zero-order valence-corrected chi connectivity index (χ0v) is 30.6. The summed E-state index contributed by atoms with van der Waals surface area (Å²) in [7, 11) is 0. The average molecular weight is 718 g/mol. The van der Waals surface area contributed by atoms with Crippen LogP contribution in [0.25, 0.3) is 22.0 Å². The molecule has 1 aromatic heterocycles. The zero-order chi connectivity index (χ0) is 37.3. The van der Waals surface area contributed by atoms with Crippen molar-refractivity contribution in [2.75, 3.05) is 18.5 Å². The Hall–Kier alpha value is -5.22. The molecule has 3 aromatic carbocycles. The Morgan fingerprint density at radius 3 is 2.28 bits per heavy atom. The molecule has 0 unspecified atom stereocenters. The summed E-state index contributed by atoms with van der Waals surface area (Å²) in [5, 5.41) is 9.71. The van der Waals surface area contributed by atoms with E-state index < -0.39 is 30.0 Å². The van der Waals surface area contributed by atoms with E-state index in [1.807, 2.05) is 37.3 Å². The number of nitrogens with one attached hydrogen (secondary N) is 3. The van der Waals surface area contributed by atoms with E-state index in [2.05, 4.69) is 46.8 Å². The SMILES string of the molecule is C=CCn1c(=O)cc(C)c2ccc(NC(=O)[C@H](CCCCN)NC(=O)[C@H](CC3CCCCC3)NC(=O)OCC3c4ccccc4-c4ccccc43)cc21. The van der Waals surface area contributed by atoms with Gasteiger partial charge in [-0.05, 0) is 85.0 Å². The zero-order valence-electron chi connectivity index (χ0n) is 30.6. The summed E-state index contributed by atoms with van der Waals surface area (Å²) in [5.74, 6) is -0.657. The third kappa shape index (κ3) is 8.88. The predicted octanol–water partition coefficient (Wildman–Crippen LogP) is 6.93. The Kier molecular flexibility index (Phi) is 12.4. The van der Waals surface area contributed by atoms with Crippen molar-refractivity contribution in [2.45, 2.75) is 89.3 Å². The highest BCUT2D eigenvalue weighted by Gasteiger charge is 2.32. The smallest absolute Gasteiger partial charge is 0.407 e. The molecule has 3 amide bonds. The number of hydrogen-bond donors (Lipinski definition) is 4. The van der Waals surface area contributed by atoms with E-state index in [1.165, 1.54) is 0 Å². The van der Waals surface area contributed by atoms with E-state index in [0.717, 1.165) is 65.3 Å². The monoisotopic (exact) mass is 717 g/mol. The maximum atomic E-state index is 14.1. The minimum absolute atomic E-state index is 0.111. The summed E-state index contributed by atoms with van der Waals surface area (Å²) in [6.07, 6.45) is 8.42. The molecule has 0 spiro atoms. The second-order valence-corrected chi connectivity index (χ2v) is 14.4. The average Bonchev–Trinajstić information content (AvgIpc) is 3.48.